The number of rotatable bonds is 6. The highest BCUT2D eigenvalue weighted by Crippen LogP contribution is 2.13. The number of aliphatic hydroxyl groups excluding tert-OH is 1. The van der Waals surface area contributed by atoms with Gasteiger partial charge in [0.05, 0.1) is 6.10 Å². The first-order chi connectivity index (χ1) is 9.81. The summed E-state index contributed by atoms with van der Waals surface area (Å²) in [7, 11) is 3.85. The molecule has 0 aliphatic heterocycles. The molecule has 4 heteroatoms. The average molecular weight is 287 g/mol. The lowest BCUT2D eigenvalue weighted by molar-refractivity contribution is -0.113. The summed E-state index contributed by atoms with van der Waals surface area (Å²) in [5.74, 6) is -0.374. The summed E-state index contributed by atoms with van der Waals surface area (Å²) in [4.78, 5) is 25.4. The second-order valence-electron chi connectivity index (χ2n) is 5.06. The van der Waals surface area contributed by atoms with Gasteiger partial charge in [0.25, 0.3) is 0 Å². The number of allylic oxidation sites excluding steroid dienone is 3. The van der Waals surface area contributed by atoms with Gasteiger partial charge in [-0.15, -0.1) is 0 Å². The van der Waals surface area contributed by atoms with Gasteiger partial charge in [-0.25, -0.2) is 0 Å². The fourth-order valence-electron chi connectivity index (χ4n) is 1.74. The maximum Gasteiger partial charge on any atom is 0.185 e. The molecule has 1 N–H and O–H groups in total. The Kier molecular flexibility index (Phi) is 6.06. The first-order valence-corrected chi connectivity index (χ1v) is 6.72. The molecule has 4 nitrogen and oxygen atoms in total. The summed E-state index contributed by atoms with van der Waals surface area (Å²) in [6.07, 6.45) is 3.47. The number of carbonyl (C=O) groups is 2. The van der Waals surface area contributed by atoms with Crippen LogP contribution in [0.4, 0.5) is 5.69 Å². The van der Waals surface area contributed by atoms with Crippen molar-refractivity contribution in [3.8, 4) is 0 Å². The van der Waals surface area contributed by atoms with Crippen molar-refractivity contribution in [3.63, 3.8) is 0 Å². The molecule has 1 atom stereocenters. The Morgan fingerprint density at radius 1 is 1.14 bits per heavy atom. The number of hydrogen-bond acceptors (Lipinski definition) is 4. The molecule has 21 heavy (non-hydrogen) atoms. The first-order valence-electron chi connectivity index (χ1n) is 6.72. The topological polar surface area (TPSA) is 57.6 Å². The van der Waals surface area contributed by atoms with Crippen molar-refractivity contribution < 1.29 is 14.7 Å². The Labute approximate surface area is 125 Å². The zero-order valence-electron chi connectivity index (χ0n) is 12.8. The van der Waals surface area contributed by atoms with Gasteiger partial charge in [-0.05, 0) is 56.3 Å². The molecule has 0 aliphatic carbocycles. The molecule has 0 spiro atoms. The van der Waals surface area contributed by atoms with Crippen LogP contribution in [0.1, 0.15) is 24.2 Å². The Morgan fingerprint density at radius 2 is 1.71 bits per heavy atom. The molecule has 1 aromatic carbocycles. The van der Waals surface area contributed by atoms with Gasteiger partial charge < -0.3 is 10.0 Å². The van der Waals surface area contributed by atoms with Crippen molar-refractivity contribution in [2.45, 2.75) is 20.0 Å². The molecule has 0 fully saturated rings. The normalized spacial score (nSPS) is 13.3. The zero-order chi connectivity index (χ0) is 16.0. The number of hydrogen-bond donors (Lipinski definition) is 1. The highest BCUT2D eigenvalue weighted by molar-refractivity contribution is 6.06. The number of nitrogens with zero attached hydrogens (tertiary/aromatic N) is 1. The summed E-state index contributed by atoms with van der Waals surface area (Å²) in [6.45, 7) is 2.95. The number of ketones is 2. The van der Waals surface area contributed by atoms with E-state index in [-0.39, 0.29) is 11.6 Å². The predicted molar refractivity (Wildman–Crippen MR) is 84.7 cm³/mol. The summed E-state index contributed by atoms with van der Waals surface area (Å²) in [6, 6.07) is 7.21. The Balaban J connectivity index is 2.89. The third-order valence-corrected chi connectivity index (χ3v) is 2.91. The molecule has 112 valence electrons. The van der Waals surface area contributed by atoms with Crippen LogP contribution >= 0.6 is 0 Å². The molecule has 0 heterocycles. The Morgan fingerprint density at radius 3 is 2.14 bits per heavy atom. The Bertz CT molecular complexity index is 566. The van der Waals surface area contributed by atoms with Gasteiger partial charge in [0.2, 0.25) is 0 Å². The zero-order valence-corrected chi connectivity index (χ0v) is 12.8. The third kappa shape index (κ3) is 5.36. The highest BCUT2D eigenvalue weighted by Gasteiger charge is 2.05. The van der Waals surface area contributed by atoms with E-state index in [9.17, 15) is 14.7 Å². The van der Waals surface area contributed by atoms with Crippen molar-refractivity contribution in [1.29, 1.82) is 0 Å². The molecule has 0 aliphatic rings. The van der Waals surface area contributed by atoms with Crippen LogP contribution in [0.3, 0.4) is 0 Å². The molecule has 0 bridgehead atoms. The SMILES string of the molecule is CC(=O)C(C=CC(=O)c1ccc(N(C)C)cc1)=CC(C)O. The lowest BCUT2D eigenvalue weighted by Gasteiger charge is -2.11. The quantitative estimate of drug-likeness (QED) is 0.496. The van der Waals surface area contributed by atoms with Crippen LogP contribution < -0.4 is 4.90 Å². The van der Waals surface area contributed by atoms with Gasteiger partial charge in [-0.1, -0.05) is 0 Å². The van der Waals surface area contributed by atoms with Crippen LogP contribution in [0.2, 0.25) is 0 Å². The number of anilines is 1. The van der Waals surface area contributed by atoms with Crippen LogP contribution in [0.5, 0.6) is 0 Å². The van der Waals surface area contributed by atoms with Crippen LogP contribution in [0, 0.1) is 0 Å². The molecule has 1 unspecified atom stereocenters. The van der Waals surface area contributed by atoms with Gasteiger partial charge in [0, 0.05) is 30.9 Å². The van der Waals surface area contributed by atoms with E-state index in [1.54, 1.807) is 19.1 Å². The lowest BCUT2D eigenvalue weighted by atomic mass is 10.1. The van der Waals surface area contributed by atoms with E-state index in [0.29, 0.717) is 11.1 Å². The third-order valence-electron chi connectivity index (χ3n) is 2.91. The van der Waals surface area contributed by atoms with Crippen molar-refractivity contribution in [2.75, 3.05) is 19.0 Å². The summed E-state index contributed by atoms with van der Waals surface area (Å²) in [5.41, 5.74) is 1.88. The van der Waals surface area contributed by atoms with Gasteiger partial charge >= 0.3 is 0 Å². The first kappa shape index (κ1) is 16.9. The largest absolute Gasteiger partial charge is 0.389 e. The van der Waals surface area contributed by atoms with E-state index >= 15 is 0 Å². The van der Waals surface area contributed by atoms with Crippen LogP contribution in [-0.4, -0.2) is 36.9 Å². The van der Waals surface area contributed by atoms with Crippen molar-refractivity contribution in [3.05, 3.63) is 53.6 Å². The molecule has 1 rings (SSSR count). The second-order valence-corrected chi connectivity index (χ2v) is 5.06. The molecule has 1 aromatic rings. The van der Waals surface area contributed by atoms with Gasteiger partial charge in [-0.3, -0.25) is 9.59 Å². The summed E-state index contributed by atoms with van der Waals surface area (Å²) in [5, 5.41) is 9.28. The van der Waals surface area contributed by atoms with E-state index in [1.807, 2.05) is 31.1 Å². The van der Waals surface area contributed by atoms with E-state index in [1.165, 1.54) is 25.2 Å². The van der Waals surface area contributed by atoms with Crippen molar-refractivity contribution >= 4 is 17.3 Å². The molecule has 0 saturated heterocycles. The molecule has 0 radical (unpaired) electrons. The fraction of sp³-hybridized carbons (Fsp3) is 0.294. The molecular formula is C17H21NO3. The molecule has 0 saturated carbocycles. The molecule has 0 aromatic heterocycles. The van der Waals surface area contributed by atoms with Crippen LogP contribution in [-0.2, 0) is 4.79 Å². The van der Waals surface area contributed by atoms with E-state index in [4.69, 9.17) is 0 Å². The average Bonchev–Trinajstić information content (AvgIpc) is 2.42. The standard InChI is InChI=1S/C17H21NO3/c1-12(19)11-15(13(2)20)7-10-17(21)14-5-8-16(9-6-14)18(3)4/h5-12,19H,1-4H3. The monoisotopic (exact) mass is 287 g/mol. The van der Waals surface area contributed by atoms with E-state index in [2.05, 4.69) is 0 Å². The van der Waals surface area contributed by atoms with E-state index < -0.39 is 6.10 Å². The summed E-state index contributed by atoms with van der Waals surface area (Å²) < 4.78 is 0. The highest BCUT2D eigenvalue weighted by atomic mass is 16.3. The minimum atomic E-state index is -0.733. The van der Waals surface area contributed by atoms with Crippen molar-refractivity contribution in [1.82, 2.24) is 0 Å². The number of carbonyl (C=O) groups excluding carboxylic acids is 2. The Hall–Kier alpha value is -2.20. The number of Topliss-reactive ketones (excluding diaryl/α,β-unsaturated/α-hetero) is 1. The van der Waals surface area contributed by atoms with E-state index in [0.717, 1.165) is 5.69 Å². The van der Waals surface area contributed by atoms with Gasteiger partial charge in [0.15, 0.2) is 11.6 Å². The lowest BCUT2D eigenvalue weighted by Crippen LogP contribution is -2.08. The van der Waals surface area contributed by atoms with Crippen LogP contribution in [0.25, 0.3) is 0 Å². The predicted octanol–water partition coefficient (Wildman–Crippen LogP) is 2.39. The smallest absolute Gasteiger partial charge is 0.185 e. The molecule has 0 amide bonds. The van der Waals surface area contributed by atoms with Crippen LogP contribution in [0.15, 0.2) is 48.1 Å². The number of benzene rings is 1. The van der Waals surface area contributed by atoms with Gasteiger partial charge in [0.1, 0.15) is 0 Å². The van der Waals surface area contributed by atoms with Gasteiger partial charge in [-0.2, -0.15) is 0 Å². The molecular weight excluding hydrogens is 266 g/mol. The maximum absolute atomic E-state index is 12.0. The number of aliphatic hydroxyl groups is 1. The second kappa shape index (κ2) is 7.55. The summed E-state index contributed by atoms with van der Waals surface area (Å²) >= 11 is 0. The van der Waals surface area contributed by atoms with Crippen molar-refractivity contribution in [2.24, 2.45) is 0 Å². The fourth-order valence-corrected chi connectivity index (χ4v) is 1.74. The minimum absolute atomic E-state index is 0.182. The minimum Gasteiger partial charge on any atom is -0.389 e. The maximum atomic E-state index is 12.0.